The maximum Gasteiger partial charge on any atom is 0.305 e. The summed E-state index contributed by atoms with van der Waals surface area (Å²) in [6.07, 6.45) is 30.0. The minimum Gasteiger partial charge on any atom is -0.463 e. The molecular formula is C36H66O6. The van der Waals surface area contributed by atoms with Gasteiger partial charge in [0.1, 0.15) is 19.3 Å². The van der Waals surface area contributed by atoms with Gasteiger partial charge in [0.25, 0.3) is 0 Å². The third kappa shape index (κ3) is 25.1. The van der Waals surface area contributed by atoms with E-state index >= 15 is 0 Å². The van der Waals surface area contributed by atoms with Crippen LogP contribution in [-0.4, -0.2) is 48.6 Å². The van der Waals surface area contributed by atoms with Crippen molar-refractivity contribution in [3.05, 3.63) is 12.2 Å². The van der Waals surface area contributed by atoms with Crippen LogP contribution in [0.25, 0.3) is 0 Å². The summed E-state index contributed by atoms with van der Waals surface area (Å²) in [6, 6.07) is 0. The van der Waals surface area contributed by atoms with E-state index < -0.39 is 6.10 Å². The molecule has 0 aromatic carbocycles. The molecule has 0 aromatic rings. The zero-order valence-corrected chi connectivity index (χ0v) is 27.6. The van der Waals surface area contributed by atoms with E-state index in [1.165, 1.54) is 77.0 Å². The minimum absolute atomic E-state index is 0.121. The van der Waals surface area contributed by atoms with Crippen molar-refractivity contribution in [1.82, 2.24) is 0 Å². The van der Waals surface area contributed by atoms with Gasteiger partial charge in [-0.05, 0) is 44.4 Å². The number of rotatable bonds is 30. The Bertz CT molecular complexity index is 676. The number of carbonyl (C=O) groups is 2. The van der Waals surface area contributed by atoms with Crippen molar-refractivity contribution in [2.45, 2.75) is 187 Å². The number of hydrogen-bond donors (Lipinski definition) is 1. The highest BCUT2D eigenvalue weighted by Gasteiger charge is 2.36. The predicted octanol–water partition coefficient (Wildman–Crippen LogP) is 9.41. The van der Waals surface area contributed by atoms with Gasteiger partial charge in [-0.25, -0.2) is 0 Å². The van der Waals surface area contributed by atoms with Crippen LogP contribution in [0.2, 0.25) is 0 Å². The van der Waals surface area contributed by atoms with E-state index in [2.05, 4.69) is 32.9 Å². The van der Waals surface area contributed by atoms with E-state index in [9.17, 15) is 14.7 Å². The van der Waals surface area contributed by atoms with Gasteiger partial charge in [0.15, 0.2) is 0 Å². The number of epoxide rings is 1. The van der Waals surface area contributed by atoms with Gasteiger partial charge in [0.2, 0.25) is 0 Å². The summed E-state index contributed by atoms with van der Waals surface area (Å²) in [7, 11) is 0. The number of carbonyl (C=O) groups excluding carboxylic acids is 2. The first-order valence-electron chi connectivity index (χ1n) is 17.7. The average Bonchev–Trinajstić information content (AvgIpc) is 3.72. The van der Waals surface area contributed by atoms with Crippen molar-refractivity contribution in [2.24, 2.45) is 5.92 Å². The average molecular weight is 595 g/mol. The van der Waals surface area contributed by atoms with Crippen LogP contribution in [0.5, 0.6) is 0 Å². The standard InChI is InChI=1S/C36H66O6/c1-4-5-6-7-15-20-25-33-34(42-33)26-21-16-13-18-23-28-36(39)41-30-32(37)29-40-35(38)27-22-17-12-10-8-9-11-14-19-24-31(2)3/h15,20,31-34,37H,4-14,16-19,21-30H2,1-3H3/b20-15-/t32-,33?,34?/m0/s1. The molecule has 1 aliphatic rings. The fourth-order valence-corrected chi connectivity index (χ4v) is 5.28. The molecule has 1 saturated heterocycles. The molecule has 0 spiro atoms. The molecule has 0 amide bonds. The lowest BCUT2D eigenvalue weighted by Gasteiger charge is -2.12. The van der Waals surface area contributed by atoms with Crippen molar-refractivity contribution in [2.75, 3.05) is 13.2 Å². The van der Waals surface area contributed by atoms with Crippen molar-refractivity contribution in [3.8, 4) is 0 Å². The summed E-state index contributed by atoms with van der Waals surface area (Å²) in [5, 5.41) is 9.98. The van der Waals surface area contributed by atoms with Gasteiger partial charge in [-0.3, -0.25) is 9.59 Å². The summed E-state index contributed by atoms with van der Waals surface area (Å²) >= 11 is 0. The largest absolute Gasteiger partial charge is 0.463 e. The lowest BCUT2D eigenvalue weighted by Crippen LogP contribution is -2.25. The Labute approximate surface area is 258 Å². The molecule has 0 aromatic heterocycles. The van der Waals surface area contributed by atoms with Gasteiger partial charge >= 0.3 is 11.9 Å². The molecule has 0 saturated carbocycles. The zero-order valence-electron chi connectivity index (χ0n) is 27.6. The zero-order chi connectivity index (χ0) is 30.7. The fraction of sp³-hybridized carbons (Fsp3) is 0.889. The number of unbranched alkanes of at least 4 members (excludes halogenated alkanes) is 15. The summed E-state index contributed by atoms with van der Waals surface area (Å²) in [4.78, 5) is 23.9. The molecule has 6 nitrogen and oxygen atoms in total. The van der Waals surface area contributed by atoms with Crippen LogP contribution in [0, 0.1) is 5.92 Å². The Morgan fingerprint density at radius 1 is 0.690 bits per heavy atom. The third-order valence-electron chi connectivity index (χ3n) is 8.10. The van der Waals surface area contributed by atoms with E-state index in [4.69, 9.17) is 14.2 Å². The van der Waals surface area contributed by atoms with Crippen molar-refractivity contribution >= 4 is 11.9 Å². The number of esters is 2. The molecule has 3 atom stereocenters. The first-order valence-corrected chi connectivity index (χ1v) is 17.7. The van der Waals surface area contributed by atoms with E-state index in [0.29, 0.717) is 25.0 Å². The first-order chi connectivity index (χ1) is 20.4. The molecule has 1 N–H and O–H groups in total. The third-order valence-corrected chi connectivity index (χ3v) is 8.10. The van der Waals surface area contributed by atoms with Gasteiger partial charge in [-0.2, -0.15) is 0 Å². The summed E-state index contributed by atoms with van der Waals surface area (Å²) in [5.74, 6) is 0.231. The number of aliphatic hydroxyl groups is 1. The molecule has 0 radical (unpaired) electrons. The Morgan fingerprint density at radius 2 is 1.21 bits per heavy atom. The molecule has 0 aliphatic carbocycles. The van der Waals surface area contributed by atoms with Gasteiger partial charge in [0, 0.05) is 12.8 Å². The van der Waals surface area contributed by atoms with Crippen LogP contribution in [-0.2, 0) is 23.8 Å². The molecule has 1 fully saturated rings. The Kier molecular flexibility index (Phi) is 25.0. The second-order valence-corrected chi connectivity index (χ2v) is 12.9. The molecule has 2 unspecified atom stereocenters. The van der Waals surface area contributed by atoms with E-state index in [1.54, 1.807) is 0 Å². The van der Waals surface area contributed by atoms with Crippen LogP contribution >= 0.6 is 0 Å². The van der Waals surface area contributed by atoms with Crippen LogP contribution in [0.1, 0.15) is 168 Å². The maximum absolute atomic E-state index is 11.9. The second-order valence-electron chi connectivity index (χ2n) is 12.9. The SMILES string of the molecule is CCCCC/C=C\CC1OC1CCCCCCCC(=O)OC[C@@H](O)COC(=O)CCCCCCCCCCCC(C)C. The lowest BCUT2D eigenvalue weighted by atomic mass is 10.0. The highest BCUT2D eigenvalue weighted by molar-refractivity contribution is 5.69. The van der Waals surface area contributed by atoms with Crippen molar-refractivity contribution in [1.29, 1.82) is 0 Å². The Morgan fingerprint density at radius 3 is 1.76 bits per heavy atom. The summed E-state index contributed by atoms with van der Waals surface area (Å²) < 4.78 is 16.1. The van der Waals surface area contributed by atoms with E-state index in [0.717, 1.165) is 63.7 Å². The monoisotopic (exact) mass is 594 g/mol. The highest BCUT2D eigenvalue weighted by atomic mass is 16.6. The molecule has 6 heteroatoms. The molecule has 42 heavy (non-hydrogen) atoms. The van der Waals surface area contributed by atoms with Crippen molar-refractivity contribution < 1.29 is 28.9 Å². The molecular weight excluding hydrogens is 528 g/mol. The highest BCUT2D eigenvalue weighted by Crippen LogP contribution is 2.30. The fourth-order valence-electron chi connectivity index (χ4n) is 5.28. The number of allylic oxidation sites excluding steroid dienone is 1. The van der Waals surface area contributed by atoms with Crippen LogP contribution in [0.15, 0.2) is 12.2 Å². The van der Waals surface area contributed by atoms with Crippen LogP contribution in [0.4, 0.5) is 0 Å². The molecule has 1 heterocycles. The van der Waals surface area contributed by atoms with Gasteiger partial charge < -0.3 is 19.3 Å². The minimum atomic E-state index is -0.969. The predicted molar refractivity (Wildman–Crippen MR) is 172 cm³/mol. The quantitative estimate of drug-likeness (QED) is 0.0386. The maximum atomic E-state index is 11.9. The van der Waals surface area contributed by atoms with Crippen LogP contribution < -0.4 is 0 Å². The first kappa shape index (κ1) is 38.6. The van der Waals surface area contributed by atoms with Crippen LogP contribution in [0.3, 0.4) is 0 Å². The smallest absolute Gasteiger partial charge is 0.305 e. The Hall–Kier alpha value is -1.40. The van der Waals surface area contributed by atoms with Crippen molar-refractivity contribution in [3.63, 3.8) is 0 Å². The number of aliphatic hydroxyl groups excluding tert-OH is 1. The molecule has 1 aliphatic heterocycles. The molecule has 246 valence electrons. The van der Waals surface area contributed by atoms with Gasteiger partial charge in [0.05, 0.1) is 12.2 Å². The van der Waals surface area contributed by atoms with Gasteiger partial charge in [-0.15, -0.1) is 0 Å². The molecule has 0 bridgehead atoms. The summed E-state index contributed by atoms with van der Waals surface area (Å²) in [5.41, 5.74) is 0. The molecule has 1 rings (SSSR count). The topological polar surface area (TPSA) is 85.4 Å². The lowest BCUT2D eigenvalue weighted by molar-refractivity contribution is -0.152. The normalized spacial score (nSPS) is 17.2. The van der Waals surface area contributed by atoms with E-state index in [-0.39, 0.29) is 25.2 Å². The number of ether oxygens (including phenoxy) is 3. The Balaban J connectivity index is 1.84. The second kappa shape index (κ2) is 27.2. The number of hydrogen-bond acceptors (Lipinski definition) is 6. The van der Waals surface area contributed by atoms with Gasteiger partial charge in [-0.1, -0.05) is 129 Å². The van der Waals surface area contributed by atoms with E-state index in [1.807, 2.05) is 0 Å². The summed E-state index contributed by atoms with van der Waals surface area (Å²) in [6.45, 7) is 6.56.